The fourth-order valence-corrected chi connectivity index (χ4v) is 3.89. The fourth-order valence-electron chi connectivity index (χ4n) is 3.89. The Hall–Kier alpha value is -4.17. The van der Waals surface area contributed by atoms with E-state index >= 15 is 0 Å². The number of aromatic nitrogens is 2. The Morgan fingerprint density at radius 3 is 2.22 bits per heavy atom. The number of carbonyl (C=O) groups excluding carboxylic acids is 2. The second kappa shape index (κ2) is 8.52. The van der Waals surface area contributed by atoms with Gasteiger partial charge < -0.3 is 4.98 Å². The van der Waals surface area contributed by atoms with Crippen molar-refractivity contribution in [2.24, 2.45) is 0 Å². The fraction of sp³-hybridized carbons (Fsp3) is 0.148. The highest BCUT2D eigenvalue weighted by Crippen LogP contribution is 2.23. The second-order valence-corrected chi connectivity index (χ2v) is 7.75. The van der Waals surface area contributed by atoms with E-state index in [2.05, 4.69) is 21.8 Å². The van der Waals surface area contributed by atoms with Gasteiger partial charge in [-0.15, -0.1) is 0 Å². The molecule has 32 heavy (non-hydrogen) atoms. The van der Waals surface area contributed by atoms with Gasteiger partial charge in [0, 0.05) is 24.1 Å². The predicted molar refractivity (Wildman–Crippen MR) is 124 cm³/mol. The first-order chi connectivity index (χ1) is 15.7. The molecule has 0 aliphatic carbocycles. The Morgan fingerprint density at radius 1 is 0.812 bits per heavy atom. The average Bonchev–Trinajstić information content (AvgIpc) is 3.37. The summed E-state index contributed by atoms with van der Waals surface area (Å²) in [4.78, 5) is 34.0. The van der Waals surface area contributed by atoms with Gasteiger partial charge in [-0.1, -0.05) is 48.2 Å². The normalized spacial score (nSPS) is 12.7. The maximum absolute atomic E-state index is 12.4. The van der Waals surface area contributed by atoms with E-state index in [1.807, 2.05) is 48.5 Å². The van der Waals surface area contributed by atoms with E-state index in [0.717, 1.165) is 40.8 Å². The summed E-state index contributed by atoms with van der Waals surface area (Å²) in [6.07, 6.45) is 2.29. The van der Waals surface area contributed by atoms with Crippen LogP contribution in [0.1, 0.15) is 45.5 Å². The van der Waals surface area contributed by atoms with Crippen molar-refractivity contribution in [3.63, 3.8) is 0 Å². The molecule has 0 atom stereocenters. The highest BCUT2D eigenvalue weighted by Gasteiger charge is 2.34. The van der Waals surface area contributed by atoms with Crippen molar-refractivity contribution in [3.8, 4) is 23.2 Å². The van der Waals surface area contributed by atoms with E-state index in [1.165, 1.54) is 4.90 Å². The number of para-hydroxylation sites is 2. The standard InChI is InChI=1S/C27H21N3O2/c31-26-21-10-4-5-11-22(21)27(32)30(26)18-8-2-1-3-9-19-14-16-20(17-15-19)25-28-23-12-6-7-13-24(23)29-25/h4-7,10-17H,1-2,8,18H2,(H,28,29). The topological polar surface area (TPSA) is 66.1 Å². The first-order valence-electron chi connectivity index (χ1n) is 10.7. The van der Waals surface area contributed by atoms with Crippen LogP contribution >= 0.6 is 0 Å². The summed E-state index contributed by atoms with van der Waals surface area (Å²) in [6, 6.07) is 23.0. The highest BCUT2D eigenvalue weighted by atomic mass is 16.2. The van der Waals surface area contributed by atoms with Crippen LogP contribution in [0.5, 0.6) is 0 Å². The van der Waals surface area contributed by atoms with Crippen LogP contribution in [0, 0.1) is 11.8 Å². The number of hydrogen-bond acceptors (Lipinski definition) is 3. The largest absolute Gasteiger partial charge is 0.338 e. The van der Waals surface area contributed by atoms with E-state index < -0.39 is 0 Å². The van der Waals surface area contributed by atoms with Crippen LogP contribution < -0.4 is 0 Å². The van der Waals surface area contributed by atoms with Crippen molar-refractivity contribution in [2.75, 3.05) is 6.54 Å². The molecule has 5 rings (SSSR count). The molecule has 5 nitrogen and oxygen atoms in total. The minimum absolute atomic E-state index is 0.193. The molecule has 1 aliphatic heterocycles. The number of unbranched alkanes of at least 4 members (excludes halogenated alkanes) is 2. The van der Waals surface area contributed by atoms with E-state index in [-0.39, 0.29) is 11.8 Å². The molecular formula is C27H21N3O2. The number of carbonyl (C=O) groups is 2. The lowest BCUT2D eigenvalue weighted by atomic mass is 10.1. The van der Waals surface area contributed by atoms with E-state index in [1.54, 1.807) is 24.3 Å². The van der Waals surface area contributed by atoms with Crippen molar-refractivity contribution in [1.29, 1.82) is 0 Å². The number of nitrogens with zero attached hydrogens (tertiary/aromatic N) is 2. The van der Waals surface area contributed by atoms with E-state index in [4.69, 9.17) is 0 Å². The third-order valence-corrected chi connectivity index (χ3v) is 5.59. The monoisotopic (exact) mass is 419 g/mol. The molecule has 0 radical (unpaired) electrons. The number of amides is 2. The van der Waals surface area contributed by atoms with Crippen molar-refractivity contribution in [3.05, 3.63) is 89.5 Å². The molecule has 0 spiro atoms. The molecule has 0 unspecified atom stereocenters. The SMILES string of the molecule is O=C1c2ccccc2C(=O)N1CCCCC#Cc1ccc(-c2nc3ccccc3[nH]2)cc1. The number of imidazole rings is 1. The van der Waals surface area contributed by atoms with Crippen LogP contribution in [0.15, 0.2) is 72.8 Å². The van der Waals surface area contributed by atoms with Gasteiger partial charge in [0.05, 0.1) is 22.2 Å². The lowest BCUT2D eigenvalue weighted by Crippen LogP contribution is -2.30. The zero-order valence-electron chi connectivity index (χ0n) is 17.5. The average molecular weight is 419 g/mol. The summed E-state index contributed by atoms with van der Waals surface area (Å²) in [6.45, 7) is 0.431. The summed E-state index contributed by atoms with van der Waals surface area (Å²) in [5, 5.41) is 0. The minimum atomic E-state index is -0.193. The molecule has 0 bridgehead atoms. The van der Waals surface area contributed by atoms with Crippen LogP contribution in [0.2, 0.25) is 0 Å². The van der Waals surface area contributed by atoms with Gasteiger partial charge in [0.25, 0.3) is 11.8 Å². The number of benzene rings is 3. The van der Waals surface area contributed by atoms with Crippen molar-refractivity contribution < 1.29 is 9.59 Å². The molecule has 3 aromatic carbocycles. The van der Waals surface area contributed by atoms with Crippen LogP contribution in [-0.2, 0) is 0 Å². The van der Waals surface area contributed by atoms with Crippen LogP contribution in [0.3, 0.4) is 0 Å². The molecule has 0 saturated heterocycles. The molecular weight excluding hydrogens is 398 g/mol. The zero-order chi connectivity index (χ0) is 21.9. The predicted octanol–water partition coefficient (Wildman–Crippen LogP) is 5.05. The lowest BCUT2D eigenvalue weighted by molar-refractivity contribution is 0.0652. The summed E-state index contributed by atoms with van der Waals surface area (Å²) >= 11 is 0. The number of aromatic amines is 1. The molecule has 4 aromatic rings. The van der Waals surface area contributed by atoms with Gasteiger partial charge >= 0.3 is 0 Å². The number of H-pyrrole nitrogens is 1. The van der Waals surface area contributed by atoms with Crippen LogP contribution in [0.4, 0.5) is 0 Å². The van der Waals surface area contributed by atoms with Gasteiger partial charge in [-0.25, -0.2) is 4.98 Å². The Morgan fingerprint density at radius 2 is 1.50 bits per heavy atom. The van der Waals surface area contributed by atoms with Crippen molar-refractivity contribution in [1.82, 2.24) is 14.9 Å². The number of nitrogens with one attached hydrogen (secondary N) is 1. The van der Waals surface area contributed by atoms with Gasteiger partial charge in [-0.2, -0.15) is 0 Å². The second-order valence-electron chi connectivity index (χ2n) is 7.75. The van der Waals surface area contributed by atoms with Crippen LogP contribution in [-0.4, -0.2) is 33.2 Å². The number of fused-ring (bicyclic) bond motifs is 2. The summed E-state index contributed by atoms with van der Waals surface area (Å²) < 4.78 is 0. The summed E-state index contributed by atoms with van der Waals surface area (Å²) in [7, 11) is 0. The Balaban J connectivity index is 1.13. The quantitative estimate of drug-likeness (QED) is 0.280. The van der Waals surface area contributed by atoms with Gasteiger partial charge in [0.1, 0.15) is 5.82 Å². The third kappa shape index (κ3) is 3.79. The van der Waals surface area contributed by atoms with Gasteiger partial charge in [0.2, 0.25) is 0 Å². The van der Waals surface area contributed by atoms with E-state index in [9.17, 15) is 9.59 Å². The van der Waals surface area contributed by atoms with Gasteiger partial charge in [0.15, 0.2) is 0 Å². The summed E-state index contributed by atoms with van der Waals surface area (Å²) in [5.74, 6) is 6.83. The first kappa shape index (κ1) is 19.8. The third-order valence-electron chi connectivity index (χ3n) is 5.59. The Labute approximate surface area is 186 Å². The van der Waals surface area contributed by atoms with Crippen molar-refractivity contribution >= 4 is 22.8 Å². The molecule has 1 N–H and O–H groups in total. The molecule has 5 heteroatoms. The number of hydrogen-bond donors (Lipinski definition) is 1. The molecule has 0 fully saturated rings. The van der Waals surface area contributed by atoms with Crippen LogP contribution in [0.25, 0.3) is 22.4 Å². The van der Waals surface area contributed by atoms with Gasteiger partial charge in [-0.3, -0.25) is 14.5 Å². The lowest BCUT2D eigenvalue weighted by Gasteiger charge is -2.12. The first-order valence-corrected chi connectivity index (χ1v) is 10.7. The zero-order valence-corrected chi connectivity index (χ0v) is 17.5. The molecule has 1 aliphatic rings. The molecule has 0 saturated carbocycles. The Kier molecular flexibility index (Phi) is 5.27. The maximum Gasteiger partial charge on any atom is 0.261 e. The smallest absolute Gasteiger partial charge is 0.261 e. The van der Waals surface area contributed by atoms with Gasteiger partial charge in [-0.05, 0) is 49.2 Å². The molecule has 2 amide bonds. The highest BCUT2D eigenvalue weighted by molar-refractivity contribution is 6.21. The molecule has 1 aromatic heterocycles. The van der Waals surface area contributed by atoms with Crippen molar-refractivity contribution in [2.45, 2.75) is 19.3 Å². The van der Waals surface area contributed by atoms with E-state index in [0.29, 0.717) is 24.1 Å². The summed E-state index contributed by atoms with van der Waals surface area (Å²) in [5.41, 5.74) is 4.95. The minimum Gasteiger partial charge on any atom is -0.338 e. The maximum atomic E-state index is 12.4. The molecule has 156 valence electrons. The Bertz CT molecular complexity index is 1310. The molecule has 2 heterocycles. The number of imide groups is 1. The number of rotatable bonds is 5.